The molecule has 174 valence electrons. The van der Waals surface area contributed by atoms with Gasteiger partial charge in [0.25, 0.3) is 0 Å². The molecule has 1 aliphatic heterocycles. The van der Waals surface area contributed by atoms with Crippen molar-refractivity contribution in [3.8, 4) is 11.4 Å². The summed E-state index contributed by atoms with van der Waals surface area (Å²) in [7, 11) is -3.31. The molecule has 1 aromatic heterocycles. The summed E-state index contributed by atoms with van der Waals surface area (Å²) in [5, 5.41) is 4.42. The molecule has 0 N–H and O–H groups in total. The zero-order valence-corrected chi connectivity index (χ0v) is 20.1. The van der Waals surface area contributed by atoms with E-state index in [1.165, 1.54) is 8.99 Å². The van der Waals surface area contributed by atoms with Crippen LogP contribution in [0.25, 0.3) is 5.69 Å². The lowest BCUT2D eigenvalue weighted by Crippen LogP contribution is -2.50. The SMILES string of the molecule is CC1CC1COc1c(N2CCN(S(=O)(=O)C(C)C)CC2)cnn(-c2cccc(Cl)c2)c1=O. The second kappa shape index (κ2) is 9.03. The first kappa shape index (κ1) is 23.1. The van der Waals surface area contributed by atoms with E-state index in [-0.39, 0.29) is 11.3 Å². The van der Waals surface area contributed by atoms with E-state index in [4.69, 9.17) is 16.3 Å². The molecule has 1 saturated heterocycles. The van der Waals surface area contributed by atoms with E-state index in [0.29, 0.717) is 61.0 Å². The van der Waals surface area contributed by atoms with Gasteiger partial charge in [0.2, 0.25) is 15.8 Å². The second-order valence-corrected chi connectivity index (χ2v) is 11.7. The lowest BCUT2D eigenvalue weighted by Gasteiger charge is -2.36. The summed E-state index contributed by atoms with van der Waals surface area (Å²) in [6.07, 6.45) is 2.72. The van der Waals surface area contributed by atoms with Crippen LogP contribution in [-0.2, 0) is 10.0 Å². The Morgan fingerprint density at radius 2 is 1.91 bits per heavy atom. The number of hydrogen-bond donors (Lipinski definition) is 0. The van der Waals surface area contributed by atoms with Crippen molar-refractivity contribution < 1.29 is 13.2 Å². The van der Waals surface area contributed by atoms with Crippen molar-refractivity contribution in [2.24, 2.45) is 11.8 Å². The molecule has 32 heavy (non-hydrogen) atoms. The van der Waals surface area contributed by atoms with E-state index in [1.807, 2.05) is 4.90 Å². The number of sulfonamides is 1. The monoisotopic (exact) mass is 480 g/mol. The highest BCUT2D eigenvalue weighted by Gasteiger charge is 2.35. The van der Waals surface area contributed by atoms with Crippen molar-refractivity contribution in [3.05, 3.63) is 45.8 Å². The average molecular weight is 481 g/mol. The number of piperazine rings is 1. The Hall–Kier alpha value is -2.10. The van der Waals surface area contributed by atoms with Crippen LogP contribution in [-0.4, -0.2) is 60.5 Å². The number of ether oxygens (including phenoxy) is 1. The summed E-state index contributed by atoms with van der Waals surface area (Å²) in [4.78, 5) is 15.4. The van der Waals surface area contributed by atoms with Crippen LogP contribution in [0.1, 0.15) is 27.2 Å². The van der Waals surface area contributed by atoms with Gasteiger partial charge in [-0.25, -0.2) is 8.42 Å². The van der Waals surface area contributed by atoms with Gasteiger partial charge in [-0.1, -0.05) is 24.6 Å². The average Bonchev–Trinajstić information content (AvgIpc) is 3.47. The summed E-state index contributed by atoms with van der Waals surface area (Å²) in [6.45, 7) is 7.66. The molecule has 0 radical (unpaired) electrons. The van der Waals surface area contributed by atoms with Crippen LogP contribution in [0.2, 0.25) is 5.02 Å². The minimum absolute atomic E-state index is 0.249. The summed E-state index contributed by atoms with van der Waals surface area (Å²) >= 11 is 6.10. The lowest BCUT2D eigenvalue weighted by atomic mass is 10.3. The highest BCUT2D eigenvalue weighted by molar-refractivity contribution is 7.89. The number of anilines is 1. The number of nitrogens with zero attached hydrogens (tertiary/aromatic N) is 4. The van der Waals surface area contributed by atoms with Crippen LogP contribution >= 0.6 is 11.6 Å². The van der Waals surface area contributed by atoms with Crippen LogP contribution in [0.15, 0.2) is 35.3 Å². The molecule has 8 nitrogen and oxygen atoms in total. The smallest absolute Gasteiger partial charge is 0.316 e. The first-order valence-corrected chi connectivity index (χ1v) is 12.8. The quantitative estimate of drug-likeness (QED) is 0.605. The molecule has 2 heterocycles. The molecule has 2 unspecified atom stereocenters. The number of rotatable bonds is 7. The molecule has 2 atom stereocenters. The highest BCUT2D eigenvalue weighted by atomic mass is 35.5. The van der Waals surface area contributed by atoms with E-state index in [0.717, 1.165) is 6.42 Å². The molecule has 0 bridgehead atoms. The van der Waals surface area contributed by atoms with Crippen LogP contribution in [0.5, 0.6) is 5.75 Å². The van der Waals surface area contributed by atoms with Crippen LogP contribution in [0, 0.1) is 11.8 Å². The fourth-order valence-corrected chi connectivity index (χ4v) is 5.34. The molecule has 2 aliphatic rings. The van der Waals surface area contributed by atoms with E-state index in [9.17, 15) is 13.2 Å². The van der Waals surface area contributed by atoms with Gasteiger partial charge in [0, 0.05) is 31.2 Å². The predicted molar refractivity (Wildman–Crippen MR) is 125 cm³/mol. The van der Waals surface area contributed by atoms with E-state index < -0.39 is 15.3 Å². The summed E-state index contributed by atoms with van der Waals surface area (Å²) in [6, 6.07) is 6.95. The van der Waals surface area contributed by atoms with Crippen molar-refractivity contribution in [1.29, 1.82) is 0 Å². The third kappa shape index (κ3) is 4.65. The Labute approximate surface area is 193 Å². The number of halogens is 1. The first-order valence-electron chi connectivity index (χ1n) is 10.9. The maximum Gasteiger partial charge on any atom is 0.316 e. The van der Waals surface area contributed by atoms with Crippen LogP contribution in [0.3, 0.4) is 0 Å². The minimum Gasteiger partial charge on any atom is -0.486 e. The molecule has 0 amide bonds. The number of hydrogen-bond acceptors (Lipinski definition) is 6. The van der Waals surface area contributed by atoms with Gasteiger partial charge in [-0.3, -0.25) is 4.79 Å². The Balaban J connectivity index is 1.63. The van der Waals surface area contributed by atoms with E-state index >= 15 is 0 Å². The maximum atomic E-state index is 13.4. The molecule has 2 aromatic rings. The standard InChI is InChI=1S/C22H29ClN4O4S/c1-15(2)32(29,30)26-9-7-25(8-10-26)20-13-24-27(19-6-4-5-18(23)12-19)22(28)21(20)31-14-17-11-16(17)3/h4-6,12-13,15-17H,7-11,14H2,1-3H3. The van der Waals surface area contributed by atoms with Crippen molar-refractivity contribution in [2.75, 3.05) is 37.7 Å². The predicted octanol–water partition coefficient (Wildman–Crippen LogP) is 2.78. The van der Waals surface area contributed by atoms with Gasteiger partial charge in [-0.05, 0) is 50.3 Å². The lowest BCUT2D eigenvalue weighted by molar-refractivity contribution is 0.286. The molecule has 1 aromatic carbocycles. The number of aromatic nitrogens is 2. The fraction of sp³-hybridized carbons (Fsp3) is 0.545. The summed E-state index contributed by atoms with van der Waals surface area (Å²) in [5.74, 6) is 1.29. The van der Waals surface area contributed by atoms with Gasteiger partial charge in [0.05, 0.1) is 23.7 Å². The second-order valence-electron chi connectivity index (χ2n) is 8.82. The third-order valence-corrected chi connectivity index (χ3v) is 8.73. The van der Waals surface area contributed by atoms with E-state index in [2.05, 4.69) is 12.0 Å². The Morgan fingerprint density at radius 3 is 2.50 bits per heavy atom. The Bertz CT molecular complexity index is 1140. The fourth-order valence-electron chi connectivity index (χ4n) is 3.89. The van der Waals surface area contributed by atoms with Crippen molar-refractivity contribution in [2.45, 2.75) is 32.4 Å². The zero-order chi connectivity index (χ0) is 23.0. The molecular weight excluding hydrogens is 452 g/mol. The molecule has 1 aliphatic carbocycles. The maximum absolute atomic E-state index is 13.4. The normalized spacial score (nSPS) is 21.7. The summed E-state index contributed by atoms with van der Waals surface area (Å²) < 4.78 is 33.9. The molecule has 10 heteroatoms. The van der Waals surface area contributed by atoms with Crippen molar-refractivity contribution in [1.82, 2.24) is 14.1 Å². The highest BCUT2D eigenvalue weighted by Crippen LogP contribution is 2.38. The Kier molecular flexibility index (Phi) is 6.51. The number of benzene rings is 1. The topological polar surface area (TPSA) is 84.7 Å². The molecule has 4 rings (SSSR count). The largest absolute Gasteiger partial charge is 0.486 e. The molecule has 1 saturated carbocycles. The molecule has 2 fully saturated rings. The first-order chi connectivity index (χ1) is 15.2. The van der Waals surface area contributed by atoms with Crippen LogP contribution < -0.4 is 15.2 Å². The van der Waals surface area contributed by atoms with E-state index in [1.54, 1.807) is 44.3 Å². The molecule has 0 spiro atoms. The van der Waals surface area contributed by atoms with Gasteiger partial charge in [-0.2, -0.15) is 14.1 Å². The van der Waals surface area contributed by atoms with Gasteiger partial charge in [0.1, 0.15) is 5.69 Å². The van der Waals surface area contributed by atoms with Crippen molar-refractivity contribution >= 4 is 27.3 Å². The van der Waals surface area contributed by atoms with Gasteiger partial charge < -0.3 is 9.64 Å². The van der Waals surface area contributed by atoms with Gasteiger partial charge >= 0.3 is 5.56 Å². The third-order valence-electron chi connectivity index (χ3n) is 6.22. The Morgan fingerprint density at radius 1 is 1.22 bits per heavy atom. The summed E-state index contributed by atoms with van der Waals surface area (Å²) in [5.41, 5.74) is 0.810. The van der Waals surface area contributed by atoms with Gasteiger partial charge in [0.15, 0.2) is 0 Å². The van der Waals surface area contributed by atoms with Gasteiger partial charge in [-0.15, -0.1) is 0 Å². The minimum atomic E-state index is -3.31. The van der Waals surface area contributed by atoms with Crippen molar-refractivity contribution in [3.63, 3.8) is 0 Å². The van der Waals surface area contributed by atoms with Crippen LogP contribution in [0.4, 0.5) is 5.69 Å². The molecular formula is C22H29ClN4O4S. The zero-order valence-electron chi connectivity index (χ0n) is 18.6.